The van der Waals surface area contributed by atoms with Crippen LogP contribution in [0.25, 0.3) is 0 Å². The summed E-state index contributed by atoms with van der Waals surface area (Å²) in [7, 11) is 0. The predicted octanol–water partition coefficient (Wildman–Crippen LogP) is 4.19. The van der Waals surface area contributed by atoms with Crippen LogP contribution in [0, 0.1) is 5.41 Å². The van der Waals surface area contributed by atoms with E-state index in [0.29, 0.717) is 5.92 Å². The fourth-order valence-corrected chi connectivity index (χ4v) is 2.40. The first-order valence-electron chi connectivity index (χ1n) is 6.30. The second-order valence-electron chi connectivity index (χ2n) is 5.86. The Bertz CT molecular complexity index is 449. The quantitative estimate of drug-likeness (QED) is 0.619. The lowest BCUT2D eigenvalue weighted by Gasteiger charge is -2.28. The molecule has 0 bridgehead atoms. The van der Waals surface area contributed by atoms with E-state index in [1.165, 1.54) is 0 Å². The normalized spacial score (nSPS) is 22.5. The summed E-state index contributed by atoms with van der Waals surface area (Å²) in [6.45, 7) is 8.65. The van der Waals surface area contributed by atoms with Crippen molar-refractivity contribution in [1.82, 2.24) is 0 Å². The number of oxime groups is 1. The van der Waals surface area contributed by atoms with Gasteiger partial charge in [-0.05, 0) is 24.3 Å². The molecular weight excluding hydrogens is 214 g/mol. The Balaban J connectivity index is 0.00000162. The molecule has 0 amide bonds. The highest BCUT2D eigenvalue weighted by Gasteiger charge is 2.33. The summed E-state index contributed by atoms with van der Waals surface area (Å²) in [5.74, 6) is 2.41. The number of hydrogen-bond acceptors (Lipinski definition) is 3. The molecule has 1 aliphatic carbocycles. The zero-order valence-electron chi connectivity index (χ0n) is 11.1. The van der Waals surface area contributed by atoms with Crippen LogP contribution >= 0.6 is 0 Å². The van der Waals surface area contributed by atoms with Gasteiger partial charge in [0.15, 0.2) is 0 Å². The molecule has 0 aromatic carbocycles. The van der Waals surface area contributed by atoms with Crippen LogP contribution < -0.4 is 0 Å². The van der Waals surface area contributed by atoms with Crippen LogP contribution in [0.15, 0.2) is 15.6 Å². The maximum atomic E-state index is 9.12. The van der Waals surface area contributed by atoms with E-state index in [0.717, 1.165) is 42.1 Å². The molecule has 3 nitrogen and oxygen atoms in total. The second kappa shape index (κ2) is 4.21. The second-order valence-corrected chi connectivity index (χ2v) is 5.86. The fourth-order valence-electron chi connectivity index (χ4n) is 2.40. The van der Waals surface area contributed by atoms with E-state index in [1.807, 2.05) is 6.07 Å². The SMILES string of the molecule is CCC(C)c1cc2c(o1)CC(C)(C)C/C2=N/O.[HH]. The van der Waals surface area contributed by atoms with Crippen LogP contribution in [0.3, 0.4) is 0 Å². The van der Waals surface area contributed by atoms with Gasteiger partial charge in [-0.15, -0.1) is 0 Å². The Morgan fingerprint density at radius 2 is 2.24 bits per heavy atom. The van der Waals surface area contributed by atoms with Crippen LogP contribution in [0.1, 0.15) is 65.0 Å². The first kappa shape index (κ1) is 12.2. The molecule has 0 saturated carbocycles. The van der Waals surface area contributed by atoms with Crippen LogP contribution in [-0.4, -0.2) is 10.9 Å². The number of furan rings is 1. The van der Waals surface area contributed by atoms with Crippen LogP contribution in [0.2, 0.25) is 0 Å². The fraction of sp³-hybridized carbons (Fsp3) is 0.643. The standard InChI is InChI=1S/C14H21NO2.H2/c1-5-9(2)12-6-10-11(15-16)7-14(3,4)8-13(10)17-12;/h6,9,16H,5,7-8H2,1-4H3;1H/b15-11-;. The predicted molar refractivity (Wildman–Crippen MR) is 70.0 cm³/mol. The van der Waals surface area contributed by atoms with Crippen molar-refractivity contribution in [1.29, 1.82) is 0 Å². The highest BCUT2D eigenvalue weighted by molar-refractivity contribution is 6.02. The third-order valence-electron chi connectivity index (χ3n) is 3.64. The van der Waals surface area contributed by atoms with Gasteiger partial charge < -0.3 is 9.62 Å². The van der Waals surface area contributed by atoms with Gasteiger partial charge in [-0.2, -0.15) is 0 Å². The molecule has 0 fully saturated rings. The van der Waals surface area contributed by atoms with E-state index in [-0.39, 0.29) is 6.84 Å². The van der Waals surface area contributed by atoms with E-state index < -0.39 is 0 Å². The average molecular weight is 237 g/mol. The van der Waals surface area contributed by atoms with E-state index in [1.54, 1.807) is 0 Å². The van der Waals surface area contributed by atoms with Crippen LogP contribution in [-0.2, 0) is 6.42 Å². The maximum Gasteiger partial charge on any atom is 0.113 e. The molecule has 1 aromatic heterocycles. The summed E-state index contributed by atoms with van der Waals surface area (Å²) in [5.41, 5.74) is 1.87. The van der Waals surface area contributed by atoms with E-state index >= 15 is 0 Å². The summed E-state index contributed by atoms with van der Waals surface area (Å²) >= 11 is 0. The van der Waals surface area contributed by atoms with Gasteiger partial charge in [-0.3, -0.25) is 0 Å². The molecule has 0 aliphatic heterocycles. The summed E-state index contributed by atoms with van der Waals surface area (Å²) in [6, 6.07) is 2.05. The van der Waals surface area contributed by atoms with E-state index in [4.69, 9.17) is 9.62 Å². The molecule has 17 heavy (non-hydrogen) atoms. The lowest BCUT2D eigenvalue weighted by Crippen LogP contribution is -2.26. The Hall–Kier alpha value is -1.25. The van der Waals surface area contributed by atoms with Gasteiger partial charge in [-0.1, -0.05) is 32.9 Å². The maximum absolute atomic E-state index is 9.12. The van der Waals surface area contributed by atoms with Gasteiger partial charge in [-0.25, -0.2) is 0 Å². The lowest BCUT2D eigenvalue weighted by molar-refractivity contribution is 0.294. The average Bonchev–Trinajstić information content (AvgIpc) is 2.68. The van der Waals surface area contributed by atoms with Gasteiger partial charge in [0.2, 0.25) is 0 Å². The molecule has 1 aliphatic rings. The third-order valence-corrected chi connectivity index (χ3v) is 3.64. The number of rotatable bonds is 2. The molecule has 1 N–H and O–H groups in total. The first-order chi connectivity index (χ1) is 7.96. The summed E-state index contributed by atoms with van der Waals surface area (Å²) in [6.07, 6.45) is 2.77. The van der Waals surface area contributed by atoms with Gasteiger partial charge >= 0.3 is 0 Å². The van der Waals surface area contributed by atoms with Crippen molar-refractivity contribution < 1.29 is 11.1 Å². The van der Waals surface area contributed by atoms with Gasteiger partial charge in [0.05, 0.1) is 5.71 Å². The van der Waals surface area contributed by atoms with Gasteiger partial charge in [0, 0.05) is 19.3 Å². The molecule has 0 spiro atoms. The molecule has 1 unspecified atom stereocenters. The third kappa shape index (κ3) is 2.24. The minimum absolute atomic E-state index is 0. The van der Waals surface area contributed by atoms with Gasteiger partial charge in [0.1, 0.15) is 11.5 Å². The molecule has 0 radical (unpaired) electrons. The molecule has 2 rings (SSSR count). The first-order valence-corrected chi connectivity index (χ1v) is 6.30. The van der Waals surface area contributed by atoms with Crippen molar-refractivity contribution in [3.8, 4) is 0 Å². The highest BCUT2D eigenvalue weighted by Crippen LogP contribution is 2.38. The molecule has 1 atom stereocenters. The molecule has 1 heterocycles. The van der Waals surface area contributed by atoms with Crippen molar-refractivity contribution in [2.45, 2.75) is 52.9 Å². The smallest absolute Gasteiger partial charge is 0.113 e. The van der Waals surface area contributed by atoms with Crippen molar-refractivity contribution in [2.24, 2.45) is 10.6 Å². The van der Waals surface area contributed by atoms with Crippen molar-refractivity contribution in [3.05, 3.63) is 23.2 Å². The Kier molecular flexibility index (Phi) is 3.02. The van der Waals surface area contributed by atoms with Crippen molar-refractivity contribution in [3.63, 3.8) is 0 Å². The zero-order valence-corrected chi connectivity index (χ0v) is 11.1. The topological polar surface area (TPSA) is 45.7 Å². The zero-order chi connectivity index (χ0) is 12.6. The molecule has 3 heteroatoms. The lowest BCUT2D eigenvalue weighted by atomic mass is 9.76. The minimum Gasteiger partial charge on any atom is -0.465 e. The summed E-state index contributed by atoms with van der Waals surface area (Å²) in [4.78, 5) is 0. The Morgan fingerprint density at radius 3 is 2.82 bits per heavy atom. The number of nitrogens with zero attached hydrogens (tertiary/aromatic N) is 1. The van der Waals surface area contributed by atoms with Crippen LogP contribution in [0.5, 0.6) is 0 Å². The highest BCUT2D eigenvalue weighted by atomic mass is 16.4. The number of hydrogen-bond donors (Lipinski definition) is 1. The van der Waals surface area contributed by atoms with Gasteiger partial charge in [0.25, 0.3) is 0 Å². The Morgan fingerprint density at radius 1 is 1.53 bits per heavy atom. The summed E-state index contributed by atoms with van der Waals surface area (Å²) < 4.78 is 5.93. The Labute approximate surface area is 104 Å². The molecule has 96 valence electrons. The molecule has 1 aromatic rings. The summed E-state index contributed by atoms with van der Waals surface area (Å²) in [5, 5.41) is 12.6. The minimum atomic E-state index is 0. The van der Waals surface area contributed by atoms with Crippen molar-refractivity contribution in [2.75, 3.05) is 0 Å². The van der Waals surface area contributed by atoms with E-state index in [9.17, 15) is 0 Å². The van der Waals surface area contributed by atoms with E-state index in [2.05, 4.69) is 32.9 Å². The van der Waals surface area contributed by atoms with Crippen LogP contribution in [0.4, 0.5) is 0 Å². The molecule has 0 saturated heterocycles. The largest absolute Gasteiger partial charge is 0.465 e. The van der Waals surface area contributed by atoms with Crippen molar-refractivity contribution >= 4 is 5.71 Å². The number of fused-ring (bicyclic) bond motifs is 1. The molecular formula is C14H23NO2. The monoisotopic (exact) mass is 237 g/mol.